The van der Waals surface area contributed by atoms with Crippen LogP contribution in [0, 0.1) is 0 Å². The number of phenols is 1. The topological polar surface area (TPSA) is 23.5 Å². The molecular formula is C17H29NO. The maximum Gasteiger partial charge on any atom is 0.119 e. The lowest BCUT2D eigenvalue weighted by Crippen LogP contribution is -2.21. The molecule has 0 heterocycles. The van der Waals surface area contributed by atoms with Gasteiger partial charge in [-0.25, -0.2) is 0 Å². The Hall–Kier alpha value is -1.02. The van der Waals surface area contributed by atoms with Crippen LogP contribution in [-0.4, -0.2) is 24.1 Å². The zero-order chi connectivity index (χ0) is 15.0. The third-order valence-electron chi connectivity index (χ3n) is 3.32. The lowest BCUT2D eigenvalue weighted by atomic mass is 9.78. The number of hydrogen-bond donors (Lipinski definition) is 1. The maximum atomic E-state index is 10.3. The molecule has 0 aliphatic heterocycles. The third-order valence-corrected chi connectivity index (χ3v) is 3.32. The van der Waals surface area contributed by atoms with Crippen LogP contribution >= 0.6 is 0 Å². The highest BCUT2D eigenvalue weighted by molar-refractivity contribution is 5.47. The van der Waals surface area contributed by atoms with Gasteiger partial charge >= 0.3 is 0 Å². The van der Waals surface area contributed by atoms with Crippen molar-refractivity contribution in [2.24, 2.45) is 0 Å². The SMILES string of the molecule is CN(C)Cc1cc(C(C)(C)C)c(O)cc1C(C)(C)C. The van der Waals surface area contributed by atoms with Crippen molar-refractivity contribution in [3.05, 3.63) is 28.8 Å². The molecule has 108 valence electrons. The van der Waals surface area contributed by atoms with Gasteiger partial charge in [0.15, 0.2) is 0 Å². The summed E-state index contributed by atoms with van der Waals surface area (Å²) in [4.78, 5) is 2.17. The van der Waals surface area contributed by atoms with E-state index in [1.807, 2.05) is 6.07 Å². The van der Waals surface area contributed by atoms with Crippen LogP contribution in [0.2, 0.25) is 0 Å². The van der Waals surface area contributed by atoms with Crippen molar-refractivity contribution in [2.75, 3.05) is 14.1 Å². The van der Waals surface area contributed by atoms with Crippen molar-refractivity contribution in [1.82, 2.24) is 4.90 Å². The Kier molecular flexibility index (Phi) is 4.36. The molecule has 0 amide bonds. The Bertz CT molecular complexity index is 448. The molecule has 1 rings (SSSR count). The number of nitrogens with zero attached hydrogens (tertiary/aromatic N) is 1. The second-order valence-electron chi connectivity index (χ2n) is 7.76. The summed E-state index contributed by atoms with van der Waals surface area (Å²) in [5.74, 6) is 0.417. The van der Waals surface area contributed by atoms with E-state index >= 15 is 0 Å². The van der Waals surface area contributed by atoms with Crippen LogP contribution in [0.3, 0.4) is 0 Å². The number of aromatic hydroxyl groups is 1. The lowest BCUT2D eigenvalue weighted by molar-refractivity contribution is 0.393. The predicted molar refractivity (Wildman–Crippen MR) is 82.9 cm³/mol. The quantitative estimate of drug-likeness (QED) is 0.870. The van der Waals surface area contributed by atoms with Gasteiger partial charge in [-0.3, -0.25) is 0 Å². The van der Waals surface area contributed by atoms with Crippen molar-refractivity contribution in [1.29, 1.82) is 0 Å². The average Bonchev–Trinajstić information content (AvgIpc) is 2.16. The summed E-state index contributed by atoms with van der Waals surface area (Å²) in [6.45, 7) is 13.9. The highest BCUT2D eigenvalue weighted by atomic mass is 16.3. The van der Waals surface area contributed by atoms with Crippen LogP contribution in [0.1, 0.15) is 58.2 Å². The summed E-state index contributed by atoms with van der Waals surface area (Å²) in [5, 5.41) is 10.3. The molecule has 19 heavy (non-hydrogen) atoms. The Balaban J connectivity index is 3.46. The molecule has 0 fully saturated rings. The Morgan fingerprint density at radius 1 is 0.895 bits per heavy atom. The van der Waals surface area contributed by atoms with Crippen LogP contribution in [-0.2, 0) is 17.4 Å². The average molecular weight is 263 g/mol. The van der Waals surface area contributed by atoms with Gasteiger partial charge < -0.3 is 10.0 Å². The molecule has 2 heteroatoms. The summed E-state index contributed by atoms with van der Waals surface area (Å²) in [5.41, 5.74) is 3.56. The molecule has 1 aromatic rings. The fraction of sp³-hybridized carbons (Fsp3) is 0.647. The van der Waals surface area contributed by atoms with Gasteiger partial charge in [0, 0.05) is 6.54 Å². The van der Waals surface area contributed by atoms with Crippen LogP contribution in [0.25, 0.3) is 0 Å². The van der Waals surface area contributed by atoms with E-state index in [-0.39, 0.29) is 10.8 Å². The first-order valence-corrected chi connectivity index (χ1v) is 6.94. The summed E-state index contributed by atoms with van der Waals surface area (Å²) in [6, 6.07) is 4.13. The monoisotopic (exact) mass is 263 g/mol. The standard InChI is InChI=1S/C17H29NO/c1-16(2,3)13-10-15(19)14(17(4,5)6)9-12(13)11-18(7)8/h9-10,19H,11H2,1-8H3. The van der Waals surface area contributed by atoms with E-state index in [2.05, 4.69) is 66.6 Å². The zero-order valence-corrected chi connectivity index (χ0v) is 13.8. The zero-order valence-electron chi connectivity index (χ0n) is 13.8. The second kappa shape index (κ2) is 5.16. The fourth-order valence-corrected chi connectivity index (χ4v) is 2.40. The molecule has 1 N–H and O–H groups in total. The summed E-state index contributed by atoms with van der Waals surface area (Å²) >= 11 is 0. The fourth-order valence-electron chi connectivity index (χ4n) is 2.40. The van der Waals surface area contributed by atoms with E-state index in [1.165, 1.54) is 11.1 Å². The Labute approximate surface area is 118 Å². The first-order chi connectivity index (χ1) is 8.43. The van der Waals surface area contributed by atoms with Crippen molar-refractivity contribution in [3.63, 3.8) is 0 Å². The largest absolute Gasteiger partial charge is 0.508 e. The molecule has 0 atom stereocenters. The van der Waals surface area contributed by atoms with Gasteiger partial charge in [-0.15, -0.1) is 0 Å². The minimum Gasteiger partial charge on any atom is -0.508 e. The van der Waals surface area contributed by atoms with Crippen molar-refractivity contribution in [2.45, 2.75) is 58.9 Å². The molecule has 0 aliphatic carbocycles. The Morgan fingerprint density at radius 3 is 1.74 bits per heavy atom. The van der Waals surface area contributed by atoms with Crippen molar-refractivity contribution < 1.29 is 5.11 Å². The van der Waals surface area contributed by atoms with E-state index in [0.29, 0.717) is 5.75 Å². The number of benzene rings is 1. The minimum absolute atomic E-state index is 0.0401. The summed E-state index contributed by atoms with van der Waals surface area (Å²) in [7, 11) is 4.16. The van der Waals surface area contributed by atoms with Crippen LogP contribution < -0.4 is 0 Å². The van der Waals surface area contributed by atoms with Gasteiger partial charge in [-0.2, -0.15) is 0 Å². The highest BCUT2D eigenvalue weighted by Gasteiger charge is 2.24. The second-order valence-corrected chi connectivity index (χ2v) is 7.76. The molecule has 0 radical (unpaired) electrons. The van der Waals surface area contributed by atoms with E-state index in [4.69, 9.17) is 0 Å². The summed E-state index contributed by atoms with van der Waals surface area (Å²) < 4.78 is 0. The van der Waals surface area contributed by atoms with Crippen molar-refractivity contribution in [3.8, 4) is 5.75 Å². The molecule has 0 bridgehead atoms. The van der Waals surface area contributed by atoms with E-state index in [1.54, 1.807) is 0 Å². The van der Waals surface area contributed by atoms with Crippen LogP contribution in [0.5, 0.6) is 5.75 Å². The lowest BCUT2D eigenvalue weighted by Gasteiger charge is -2.29. The highest BCUT2D eigenvalue weighted by Crippen LogP contribution is 2.37. The molecule has 0 saturated carbocycles. The molecule has 0 unspecified atom stereocenters. The number of phenolic OH excluding ortho intramolecular Hbond substituents is 1. The number of rotatable bonds is 2. The molecule has 0 saturated heterocycles. The van der Waals surface area contributed by atoms with Gasteiger partial charge in [-0.1, -0.05) is 41.5 Å². The molecule has 2 nitrogen and oxygen atoms in total. The smallest absolute Gasteiger partial charge is 0.119 e. The van der Waals surface area contributed by atoms with Gasteiger partial charge in [0.25, 0.3) is 0 Å². The van der Waals surface area contributed by atoms with Gasteiger partial charge in [0.1, 0.15) is 5.75 Å². The normalized spacial score (nSPS) is 13.1. The molecule has 0 aromatic heterocycles. The van der Waals surface area contributed by atoms with Crippen LogP contribution in [0.15, 0.2) is 12.1 Å². The van der Waals surface area contributed by atoms with Gasteiger partial charge in [0.05, 0.1) is 0 Å². The van der Waals surface area contributed by atoms with Gasteiger partial charge in [-0.05, 0) is 53.7 Å². The molecule has 0 spiro atoms. The first kappa shape index (κ1) is 16.0. The van der Waals surface area contributed by atoms with Crippen molar-refractivity contribution >= 4 is 0 Å². The molecule has 1 aromatic carbocycles. The number of hydrogen-bond acceptors (Lipinski definition) is 2. The molecular weight excluding hydrogens is 234 g/mol. The van der Waals surface area contributed by atoms with E-state index in [9.17, 15) is 5.11 Å². The maximum absolute atomic E-state index is 10.3. The Morgan fingerprint density at radius 2 is 1.37 bits per heavy atom. The third kappa shape index (κ3) is 3.97. The van der Waals surface area contributed by atoms with E-state index in [0.717, 1.165) is 12.1 Å². The van der Waals surface area contributed by atoms with Gasteiger partial charge in [0.2, 0.25) is 0 Å². The molecule has 0 aliphatic rings. The first-order valence-electron chi connectivity index (χ1n) is 6.94. The van der Waals surface area contributed by atoms with Crippen LogP contribution in [0.4, 0.5) is 0 Å². The minimum atomic E-state index is -0.0401. The van der Waals surface area contributed by atoms with E-state index < -0.39 is 0 Å². The predicted octanol–water partition coefficient (Wildman–Crippen LogP) is 4.05. The summed E-state index contributed by atoms with van der Waals surface area (Å²) in [6.07, 6.45) is 0.